The third-order valence-electron chi connectivity index (χ3n) is 4.44. The van der Waals surface area contributed by atoms with Crippen LogP contribution in [-0.4, -0.2) is 120 Å². The van der Waals surface area contributed by atoms with Gasteiger partial charge in [-0.2, -0.15) is 0 Å². The number of amides is 2. The molecule has 0 aromatic carbocycles. The summed E-state index contributed by atoms with van der Waals surface area (Å²) in [5.41, 5.74) is 10.2. The number of aliphatic carboxylic acids is 2. The van der Waals surface area contributed by atoms with E-state index in [-0.39, 0.29) is 24.3 Å². The van der Waals surface area contributed by atoms with Crippen molar-refractivity contribution in [1.29, 1.82) is 0 Å². The summed E-state index contributed by atoms with van der Waals surface area (Å²) in [4.78, 5) is 45.0. The maximum absolute atomic E-state index is 11.8. The van der Waals surface area contributed by atoms with E-state index in [0.717, 1.165) is 0 Å². The SMILES string of the molecule is CC(C)(C)OC(=O)N1CCOC[C@@H]1CN.CC(C)(C)OC(=O)N1CCOC[C@@H]1CN.O=C(O)C(=O)O. The zero-order valence-corrected chi connectivity index (χ0v) is 22.0. The van der Waals surface area contributed by atoms with Crippen molar-refractivity contribution < 1.29 is 48.3 Å². The minimum absolute atomic E-state index is 0.0615. The van der Waals surface area contributed by atoms with E-state index >= 15 is 0 Å². The Morgan fingerprint density at radius 2 is 1.06 bits per heavy atom. The van der Waals surface area contributed by atoms with Crippen LogP contribution < -0.4 is 11.5 Å². The number of nitrogens with two attached hydrogens (primary N) is 2. The molecule has 210 valence electrons. The van der Waals surface area contributed by atoms with Gasteiger partial charge in [-0.15, -0.1) is 0 Å². The van der Waals surface area contributed by atoms with Crippen LogP contribution in [-0.2, 0) is 28.5 Å². The highest BCUT2D eigenvalue weighted by Gasteiger charge is 2.31. The van der Waals surface area contributed by atoms with Gasteiger partial charge in [-0.1, -0.05) is 0 Å². The fourth-order valence-electron chi connectivity index (χ4n) is 2.82. The van der Waals surface area contributed by atoms with Crippen LogP contribution in [0.5, 0.6) is 0 Å². The third-order valence-corrected chi connectivity index (χ3v) is 4.44. The summed E-state index contributed by atoms with van der Waals surface area (Å²) in [5, 5.41) is 14.8. The maximum Gasteiger partial charge on any atom is 0.414 e. The molecule has 14 heteroatoms. The van der Waals surface area contributed by atoms with Gasteiger partial charge >= 0.3 is 24.1 Å². The maximum atomic E-state index is 11.8. The number of hydrogen-bond acceptors (Lipinski definition) is 10. The highest BCUT2D eigenvalue weighted by molar-refractivity contribution is 6.27. The first-order valence-electron chi connectivity index (χ1n) is 11.5. The summed E-state index contributed by atoms with van der Waals surface area (Å²) >= 11 is 0. The molecule has 36 heavy (non-hydrogen) atoms. The fourth-order valence-corrected chi connectivity index (χ4v) is 2.82. The van der Waals surface area contributed by atoms with Crippen molar-refractivity contribution in [3.63, 3.8) is 0 Å². The second kappa shape index (κ2) is 15.4. The lowest BCUT2D eigenvalue weighted by Crippen LogP contribution is -2.53. The van der Waals surface area contributed by atoms with Crippen molar-refractivity contribution in [3.05, 3.63) is 0 Å². The number of hydrogen-bond donors (Lipinski definition) is 4. The molecule has 0 aromatic heterocycles. The van der Waals surface area contributed by atoms with Crippen molar-refractivity contribution >= 4 is 24.1 Å². The Bertz CT molecular complexity index is 661. The van der Waals surface area contributed by atoms with E-state index in [1.165, 1.54) is 0 Å². The van der Waals surface area contributed by atoms with E-state index in [1.54, 1.807) is 9.80 Å². The van der Waals surface area contributed by atoms with Crippen molar-refractivity contribution in [3.8, 4) is 0 Å². The zero-order valence-electron chi connectivity index (χ0n) is 22.0. The van der Waals surface area contributed by atoms with Crippen LogP contribution >= 0.6 is 0 Å². The number of rotatable bonds is 2. The molecule has 0 radical (unpaired) electrons. The van der Waals surface area contributed by atoms with Gasteiger partial charge in [-0.05, 0) is 41.5 Å². The molecule has 2 aliphatic rings. The molecule has 0 spiro atoms. The Morgan fingerprint density at radius 3 is 1.28 bits per heavy atom. The van der Waals surface area contributed by atoms with Crippen LogP contribution in [0.4, 0.5) is 9.59 Å². The summed E-state index contributed by atoms with van der Waals surface area (Å²) in [6, 6.07) is -0.123. The standard InChI is InChI=1S/2C10H20N2O3.C2H2O4/c2*1-10(2,3)15-9(13)12-4-5-14-7-8(12)6-11;3-1(4)2(5)6/h2*8H,4-7,11H2,1-3H3;(H,3,4)(H,5,6)/t2*8-;/m00./s1. The van der Waals surface area contributed by atoms with Gasteiger partial charge in [-0.25, -0.2) is 19.2 Å². The van der Waals surface area contributed by atoms with Gasteiger partial charge in [0.05, 0.1) is 38.5 Å². The van der Waals surface area contributed by atoms with Gasteiger partial charge < -0.3 is 40.6 Å². The topological polar surface area (TPSA) is 204 Å². The lowest BCUT2D eigenvalue weighted by molar-refractivity contribution is -0.159. The van der Waals surface area contributed by atoms with Gasteiger partial charge in [-0.3, -0.25) is 9.80 Å². The van der Waals surface area contributed by atoms with E-state index < -0.39 is 23.1 Å². The quantitative estimate of drug-likeness (QED) is 0.362. The van der Waals surface area contributed by atoms with Crippen LogP contribution in [0.2, 0.25) is 0 Å². The van der Waals surface area contributed by atoms with E-state index in [4.69, 9.17) is 50.2 Å². The highest BCUT2D eigenvalue weighted by Crippen LogP contribution is 2.15. The molecule has 14 nitrogen and oxygen atoms in total. The molecule has 0 aromatic rings. The number of morpholine rings is 2. The Kier molecular flexibility index (Phi) is 14.3. The van der Waals surface area contributed by atoms with E-state index in [2.05, 4.69) is 0 Å². The van der Waals surface area contributed by atoms with Crippen molar-refractivity contribution in [2.24, 2.45) is 11.5 Å². The van der Waals surface area contributed by atoms with Gasteiger partial charge in [0.15, 0.2) is 0 Å². The highest BCUT2D eigenvalue weighted by atomic mass is 16.6. The number of carboxylic acid groups (broad SMARTS) is 2. The van der Waals surface area contributed by atoms with Gasteiger partial charge in [0.25, 0.3) is 0 Å². The first-order chi connectivity index (χ1) is 16.5. The Morgan fingerprint density at radius 1 is 0.750 bits per heavy atom. The summed E-state index contributed by atoms with van der Waals surface area (Å²) in [7, 11) is 0. The first kappa shape index (κ1) is 33.3. The Balaban J connectivity index is 0.000000558. The minimum Gasteiger partial charge on any atom is -0.473 e. The smallest absolute Gasteiger partial charge is 0.414 e. The van der Waals surface area contributed by atoms with Gasteiger partial charge in [0, 0.05) is 26.2 Å². The molecule has 0 bridgehead atoms. The molecule has 2 aliphatic heterocycles. The summed E-state index contributed by atoms with van der Waals surface area (Å²) < 4.78 is 21.1. The normalized spacial score (nSPS) is 20.1. The number of ether oxygens (including phenoxy) is 4. The number of nitrogens with zero attached hydrogens (tertiary/aromatic N) is 2. The number of carboxylic acids is 2. The molecule has 0 unspecified atom stereocenters. The molecular formula is C22H42N4O10. The molecule has 0 aliphatic carbocycles. The molecule has 0 saturated carbocycles. The average Bonchev–Trinajstić information content (AvgIpc) is 2.77. The molecule has 2 fully saturated rings. The predicted octanol–water partition coefficient (Wildman–Crippen LogP) is 0.318. The molecule has 2 saturated heterocycles. The van der Waals surface area contributed by atoms with Gasteiger partial charge in [0.1, 0.15) is 11.2 Å². The second-order valence-corrected chi connectivity index (χ2v) is 9.89. The van der Waals surface area contributed by atoms with Gasteiger partial charge in [0.2, 0.25) is 0 Å². The summed E-state index contributed by atoms with van der Waals surface area (Å²) in [6.07, 6.45) is -0.609. The van der Waals surface area contributed by atoms with Crippen LogP contribution in [0.1, 0.15) is 41.5 Å². The molecule has 2 amide bonds. The van der Waals surface area contributed by atoms with Crippen molar-refractivity contribution in [2.75, 3.05) is 52.6 Å². The number of carbonyl (C=O) groups is 4. The third kappa shape index (κ3) is 14.0. The van der Waals surface area contributed by atoms with Crippen LogP contribution in [0.25, 0.3) is 0 Å². The Hall–Kier alpha value is -2.68. The monoisotopic (exact) mass is 522 g/mol. The minimum atomic E-state index is -1.82. The molecular weight excluding hydrogens is 480 g/mol. The first-order valence-corrected chi connectivity index (χ1v) is 11.5. The average molecular weight is 523 g/mol. The molecule has 2 heterocycles. The second-order valence-electron chi connectivity index (χ2n) is 9.89. The zero-order chi connectivity index (χ0) is 28.1. The van der Waals surface area contributed by atoms with Crippen molar-refractivity contribution in [2.45, 2.75) is 64.8 Å². The Labute approximate surface area is 211 Å². The molecule has 2 rings (SSSR count). The molecule has 2 atom stereocenters. The molecule has 6 N–H and O–H groups in total. The van der Waals surface area contributed by atoms with E-state index in [0.29, 0.717) is 52.6 Å². The predicted molar refractivity (Wildman–Crippen MR) is 128 cm³/mol. The fraction of sp³-hybridized carbons (Fsp3) is 0.818. The lowest BCUT2D eigenvalue weighted by atomic mass is 10.2. The van der Waals surface area contributed by atoms with Crippen LogP contribution in [0.15, 0.2) is 0 Å². The summed E-state index contributed by atoms with van der Waals surface area (Å²) in [5.74, 6) is -3.65. The van der Waals surface area contributed by atoms with E-state index in [1.807, 2.05) is 41.5 Å². The van der Waals surface area contributed by atoms with Crippen molar-refractivity contribution in [1.82, 2.24) is 9.80 Å². The van der Waals surface area contributed by atoms with Crippen LogP contribution in [0.3, 0.4) is 0 Å². The lowest BCUT2D eigenvalue weighted by Gasteiger charge is -2.35. The summed E-state index contributed by atoms with van der Waals surface area (Å²) in [6.45, 7) is 15.1. The number of carbonyl (C=O) groups excluding carboxylic acids is 2. The largest absolute Gasteiger partial charge is 0.473 e. The van der Waals surface area contributed by atoms with E-state index in [9.17, 15) is 9.59 Å². The van der Waals surface area contributed by atoms with Crippen LogP contribution in [0, 0.1) is 0 Å².